The summed E-state index contributed by atoms with van der Waals surface area (Å²) in [6.45, 7) is 7.88. The SMILES string of the molecule is CCOC1=CC=C[Si]1(OCC)OCC. The summed E-state index contributed by atoms with van der Waals surface area (Å²) in [5.74, 6) is 0. The fourth-order valence-electron chi connectivity index (χ4n) is 1.47. The van der Waals surface area contributed by atoms with Crippen LogP contribution in [-0.2, 0) is 13.6 Å². The fourth-order valence-corrected chi connectivity index (χ4v) is 4.08. The molecule has 0 N–H and O–H groups in total. The second-order valence-corrected chi connectivity index (χ2v) is 5.60. The summed E-state index contributed by atoms with van der Waals surface area (Å²) in [6, 6.07) is 0. The van der Waals surface area contributed by atoms with Crippen LogP contribution in [0.25, 0.3) is 0 Å². The first kappa shape index (κ1) is 11.5. The van der Waals surface area contributed by atoms with Crippen LogP contribution in [0.2, 0.25) is 0 Å². The molecule has 0 radical (unpaired) electrons. The van der Waals surface area contributed by atoms with Crippen LogP contribution >= 0.6 is 0 Å². The van der Waals surface area contributed by atoms with Crippen molar-refractivity contribution < 1.29 is 13.6 Å². The van der Waals surface area contributed by atoms with Crippen LogP contribution in [0.3, 0.4) is 0 Å². The zero-order valence-electron chi connectivity index (χ0n) is 9.08. The van der Waals surface area contributed by atoms with Gasteiger partial charge in [-0.2, -0.15) is 0 Å². The topological polar surface area (TPSA) is 27.7 Å². The standard InChI is InChI=1S/C10H18O3Si/c1-4-11-10-8-7-9-14(10,12-5-2)13-6-3/h7-9H,4-6H2,1-3H3. The van der Waals surface area contributed by atoms with Crippen LogP contribution in [0.5, 0.6) is 0 Å². The van der Waals surface area contributed by atoms with E-state index < -0.39 is 8.56 Å². The normalized spacial score (nSPS) is 18.4. The first-order valence-electron chi connectivity index (χ1n) is 5.09. The number of allylic oxidation sites excluding steroid dienone is 2. The Hall–Kier alpha value is -0.583. The van der Waals surface area contributed by atoms with Crippen molar-refractivity contribution >= 4 is 8.56 Å². The molecule has 1 heterocycles. The largest absolute Gasteiger partial charge is 0.497 e. The number of hydrogen-bond acceptors (Lipinski definition) is 3. The van der Waals surface area contributed by atoms with Crippen molar-refractivity contribution in [2.75, 3.05) is 19.8 Å². The molecule has 0 saturated heterocycles. The second kappa shape index (κ2) is 5.34. The van der Waals surface area contributed by atoms with Gasteiger partial charge in [-0.1, -0.05) is 6.08 Å². The average molecular weight is 214 g/mol. The zero-order chi connectivity index (χ0) is 10.4. The minimum absolute atomic E-state index is 0.654. The van der Waals surface area contributed by atoms with Gasteiger partial charge in [-0.25, -0.2) is 0 Å². The van der Waals surface area contributed by atoms with E-state index in [1.807, 2.05) is 38.6 Å². The van der Waals surface area contributed by atoms with Gasteiger partial charge in [0.05, 0.1) is 6.61 Å². The molecule has 3 nitrogen and oxygen atoms in total. The molecule has 0 atom stereocenters. The van der Waals surface area contributed by atoms with Gasteiger partial charge >= 0.3 is 8.56 Å². The Labute approximate surface area is 86.6 Å². The summed E-state index contributed by atoms with van der Waals surface area (Å²) in [4.78, 5) is 0. The number of ether oxygens (including phenoxy) is 1. The van der Waals surface area contributed by atoms with Gasteiger partial charge in [0.25, 0.3) is 0 Å². The molecule has 1 aliphatic rings. The molecule has 4 heteroatoms. The Morgan fingerprint density at radius 3 is 2.21 bits per heavy atom. The molecular weight excluding hydrogens is 196 g/mol. The highest BCUT2D eigenvalue weighted by Gasteiger charge is 2.43. The molecule has 0 unspecified atom stereocenters. The lowest BCUT2D eigenvalue weighted by molar-refractivity contribution is 0.162. The zero-order valence-corrected chi connectivity index (χ0v) is 10.1. The summed E-state index contributed by atoms with van der Waals surface area (Å²) in [7, 11) is -2.32. The van der Waals surface area contributed by atoms with E-state index in [0.717, 1.165) is 5.38 Å². The molecule has 0 aromatic rings. The van der Waals surface area contributed by atoms with Gasteiger partial charge in [-0.05, 0) is 32.5 Å². The third kappa shape index (κ3) is 2.26. The summed E-state index contributed by atoms with van der Waals surface area (Å²) in [6.07, 6.45) is 3.91. The summed E-state index contributed by atoms with van der Waals surface area (Å²) in [5.41, 5.74) is 2.02. The first-order chi connectivity index (χ1) is 6.79. The molecule has 80 valence electrons. The molecule has 0 fully saturated rings. The van der Waals surface area contributed by atoms with Crippen LogP contribution in [0.4, 0.5) is 0 Å². The van der Waals surface area contributed by atoms with Gasteiger partial charge in [-0.3, -0.25) is 0 Å². The van der Waals surface area contributed by atoms with Gasteiger partial charge in [0.1, 0.15) is 5.38 Å². The fraction of sp³-hybridized carbons (Fsp3) is 0.600. The van der Waals surface area contributed by atoms with E-state index in [0.29, 0.717) is 19.8 Å². The Balaban J connectivity index is 2.74. The monoisotopic (exact) mass is 214 g/mol. The Morgan fingerprint density at radius 2 is 1.71 bits per heavy atom. The Morgan fingerprint density at radius 1 is 1.07 bits per heavy atom. The highest BCUT2D eigenvalue weighted by Crippen LogP contribution is 2.25. The third-order valence-corrected chi connectivity index (χ3v) is 4.99. The van der Waals surface area contributed by atoms with E-state index in [2.05, 4.69) is 0 Å². The van der Waals surface area contributed by atoms with Crippen molar-refractivity contribution in [3.05, 3.63) is 23.2 Å². The van der Waals surface area contributed by atoms with Crippen molar-refractivity contribution in [1.29, 1.82) is 0 Å². The molecule has 0 bridgehead atoms. The van der Waals surface area contributed by atoms with E-state index in [1.165, 1.54) is 0 Å². The van der Waals surface area contributed by atoms with Crippen LogP contribution in [0, 0.1) is 0 Å². The van der Waals surface area contributed by atoms with Gasteiger partial charge < -0.3 is 13.6 Å². The van der Waals surface area contributed by atoms with Gasteiger partial charge in [0.15, 0.2) is 0 Å². The number of hydrogen-bond donors (Lipinski definition) is 0. The minimum Gasteiger partial charge on any atom is -0.497 e. The van der Waals surface area contributed by atoms with Gasteiger partial charge in [-0.15, -0.1) is 0 Å². The van der Waals surface area contributed by atoms with Gasteiger partial charge in [0, 0.05) is 13.2 Å². The van der Waals surface area contributed by atoms with Crippen molar-refractivity contribution in [1.82, 2.24) is 0 Å². The summed E-state index contributed by atoms with van der Waals surface area (Å²) in [5, 5.41) is 0.878. The van der Waals surface area contributed by atoms with Crippen molar-refractivity contribution in [2.45, 2.75) is 20.8 Å². The van der Waals surface area contributed by atoms with Crippen LogP contribution < -0.4 is 0 Å². The minimum atomic E-state index is -2.32. The van der Waals surface area contributed by atoms with Crippen molar-refractivity contribution in [3.63, 3.8) is 0 Å². The lowest BCUT2D eigenvalue weighted by Gasteiger charge is -2.26. The van der Waals surface area contributed by atoms with E-state index >= 15 is 0 Å². The maximum Gasteiger partial charge on any atom is 0.435 e. The molecule has 0 spiro atoms. The van der Waals surface area contributed by atoms with Crippen LogP contribution in [0.1, 0.15) is 20.8 Å². The molecule has 0 aromatic heterocycles. The Kier molecular flexibility index (Phi) is 4.38. The number of rotatable bonds is 6. The van der Waals surface area contributed by atoms with Crippen LogP contribution in [0.15, 0.2) is 23.2 Å². The maximum absolute atomic E-state index is 5.73. The van der Waals surface area contributed by atoms with Crippen molar-refractivity contribution in [3.8, 4) is 0 Å². The first-order valence-corrected chi connectivity index (χ1v) is 6.99. The van der Waals surface area contributed by atoms with Crippen molar-refractivity contribution in [2.24, 2.45) is 0 Å². The quantitative estimate of drug-likeness (QED) is 0.634. The summed E-state index contributed by atoms with van der Waals surface area (Å²) < 4.78 is 17.0. The van der Waals surface area contributed by atoms with Gasteiger partial charge in [0.2, 0.25) is 0 Å². The predicted molar refractivity (Wildman–Crippen MR) is 57.9 cm³/mol. The maximum atomic E-state index is 5.73. The molecule has 1 rings (SSSR count). The molecule has 0 aromatic carbocycles. The lowest BCUT2D eigenvalue weighted by Crippen LogP contribution is -2.42. The smallest absolute Gasteiger partial charge is 0.435 e. The molecule has 0 saturated carbocycles. The molecule has 1 aliphatic heterocycles. The second-order valence-electron chi connectivity index (χ2n) is 2.86. The molecule has 14 heavy (non-hydrogen) atoms. The summed E-state index contributed by atoms with van der Waals surface area (Å²) >= 11 is 0. The van der Waals surface area contributed by atoms with E-state index in [1.54, 1.807) is 0 Å². The Bertz CT molecular complexity index is 230. The van der Waals surface area contributed by atoms with E-state index in [-0.39, 0.29) is 0 Å². The average Bonchev–Trinajstić information content (AvgIpc) is 2.51. The van der Waals surface area contributed by atoms with E-state index in [9.17, 15) is 0 Å². The highest BCUT2D eigenvalue weighted by atomic mass is 28.4. The molecule has 0 amide bonds. The molecular formula is C10H18O3Si. The third-order valence-electron chi connectivity index (χ3n) is 1.92. The van der Waals surface area contributed by atoms with E-state index in [4.69, 9.17) is 13.6 Å². The lowest BCUT2D eigenvalue weighted by atomic mass is 10.6. The highest BCUT2D eigenvalue weighted by molar-refractivity contribution is 6.80. The van der Waals surface area contributed by atoms with Crippen LogP contribution in [-0.4, -0.2) is 28.4 Å². The molecule has 0 aliphatic carbocycles. The predicted octanol–water partition coefficient (Wildman–Crippen LogP) is 2.07.